The number of hydrogen-bond acceptors (Lipinski definition) is 3. The second-order valence-corrected chi connectivity index (χ2v) is 4.03. The first-order valence-electron chi connectivity index (χ1n) is 5.24. The van der Waals surface area contributed by atoms with Gasteiger partial charge in [0.2, 0.25) is 0 Å². The van der Waals surface area contributed by atoms with Crippen molar-refractivity contribution >= 4 is 5.97 Å². The van der Waals surface area contributed by atoms with Crippen LogP contribution in [0.3, 0.4) is 0 Å². The van der Waals surface area contributed by atoms with Gasteiger partial charge in [0.1, 0.15) is 0 Å². The van der Waals surface area contributed by atoms with Crippen molar-refractivity contribution in [2.75, 3.05) is 6.54 Å². The summed E-state index contributed by atoms with van der Waals surface area (Å²) >= 11 is 0. The maximum absolute atomic E-state index is 11.1. The number of hydrogen-bond donors (Lipinski definition) is 1. The molecule has 13 heavy (non-hydrogen) atoms. The van der Waals surface area contributed by atoms with Gasteiger partial charge in [0.15, 0.2) is 6.23 Å². The van der Waals surface area contributed by atoms with Gasteiger partial charge in [-0.15, -0.1) is 0 Å². The summed E-state index contributed by atoms with van der Waals surface area (Å²) < 4.78 is 5.32. The molecule has 0 radical (unpaired) electrons. The molecule has 1 aliphatic heterocycles. The van der Waals surface area contributed by atoms with Crippen LogP contribution in [0.4, 0.5) is 0 Å². The minimum atomic E-state index is -0.0787. The Morgan fingerprint density at radius 3 is 3.15 bits per heavy atom. The highest BCUT2D eigenvalue weighted by Crippen LogP contribution is 2.37. The fraction of sp³-hybridized carbons (Fsp3) is 0.900. The molecule has 2 aliphatic rings. The van der Waals surface area contributed by atoms with Gasteiger partial charge in [-0.3, -0.25) is 10.1 Å². The zero-order valence-electron chi connectivity index (χ0n) is 8.08. The third kappa shape index (κ3) is 1.70. The smallest absolute Gasteiger partial charge is 0.307 e. The zero-order valence-corrected chi connectivity index (χ0v) is 8.08. The van der Waals surface area contributed by atoms with Gasteiger partial charge in [0.05, 0.1) is 0 Å². The summed E-state index contributed by atoms with van der Waals surface area (Å²) in [5, 5.41) is 3.28. The standard InChI is InChI=1S/C10H17NO2/c1-2-9(12)13-10-8-5-3-4-7(8)6-11-10/h7-8,10-11H,2-6H2,1H3. The summed E-state index contributed by atoms with van der Waals surface area (Å²) in [5.74, 6) is 1.27. The number of rotatable bonds is 2. The molecule has 0 aromatic carbocycles. The highest BCUT2D eigenvalue weighted by atomic mass is 16.6. The van der Waals surface area contributed by atoms with E-state index in [0.29, 0.717) is 12.3 Å². The van der Waals surface area contributed by atoms with E-state index < -0.39 is 0 Å². The largest absolute Gasteiger partial charge is 0.446 e. The Morgan fingerprint density at radius 2 is 2.38 bits per heavy atom. The van der Waals surface area contributed by atoms with Crippen LogP contribution in [-0.4, -0.2) is 18.7 Å². The van der Waals surface area contributed by atoms with Crippen molar-refractivity contribution in [1.82, 2.24) is 5.32 Å². The van der Waals surface area contributed by atoms with Gasteiger partial charge >= 0.3 is 5.97 Å². The van der Waals surface area contributed by atoms with Crippen LogP contribution >= 0.6 is 0 Å². The Bertz CT molecular complexity index is 205. The molecule has 3 heteroatoms. The minimum Gasteiger partial charge on any atom is -0.446 e. The number of carbonyl (C=O) groups excluding carboxylic acids is 1. The first kappa shape index (κ1) is 9.00. The van der Waals surface area contributed by atoms with Crippen LogP contribution in [0, 0.1) is 11.8 Å². The van der Waals surface area contributed by atoms with Gasteiger partial charge in [-0.1, -0.05) is 13.3 Å². The summed E-state index contributed by atoms with van der Waals surface area (Å²) in [6, 6.07) is 0. The SMILES string of the molecule is CCC(=O)OC1NCC2CCCC21. The molecule has 3 atom stereocenters. The quantitative estimate of drug-likeness (QED) is 0.655. The molecule has 2 fully saturated rings. The minimum absolute atomic E-state index is 0.0138. The number of nitrogens with one attached hydrogen (secondary N) is 1. The Hall–Kier alpha value is -0.570. The Morgan fingerprint density at radius 1 is 1.54 bits per heavy atom. The van der Waals surface area contributed by atoms with Gasteiger partial charge in [0, 0.05) is 18.9 Å². The monoisotopic (exact) mass is 183 g/mol. The summed E-state index contributed by atoms with van der Waals surface area (Å²) in [6.07, 6.45) is 4.32. The van der Waals surface area contributed by atoms with Crippen molar-refractivity contribution in [3.8, 4) is 0 Å². The highest BCUT2D eigenvalue weighted by Gasteiger charge is 2.40. The van der Waals surface area contributed by atoms with Gasteiger partial charge in [0.25, 0.3) is 0 Å². The molecule has 1 N–H and O–H groups in total. The molecular weight excluding hydrogens is 166 g/mol. The molecule has 0 bridgehead atoms. The molecule has 0 aromatic heterocycles. The van der Waals surface area contributed by atoms with Crippen molar-refractivity contribution in [2.45, 2.75) is 38.8 Å². The summed E-state index contributed by atoms with van der Waals surface area (Å²) in [7, 11) is 0. The second-order valence-electron chi connectivity index (χ2n) is 4.03. The molecule has 1 heterocycles. The normalized spacial score (nSPS) is 37.5. The maximum Gasteiger partial charge on any atom is 0.307 e. The molecule has 1 saturated heterocycles. The van der Waals surface area contributed by atoms with E-state index in [9.17, 15) is 4.79 Å². The van der Waals surface area contributed by atoms with E-state index in [4.69, 9.17) is 4.74 Å². The lowest BCUT2D eigenvalue weighted by Crippen LogP contribution is -2.32. The molecule has 74 valence electrons. The lowest BCUT2D eigenvalue weighted by atomic mass is 9.99. The topological polar surface area (TPSA) is 38.3 Å². The van der Waals surface area contributed by atoms with E-state index in [1.54, 1.807) is 0 Å². The molecular formula is C10H17NO2. The predicted octanol–water partition coefficient (Wildman–Crippen LogP) is 1.29. The number of carbonyl (C=O) groups is 1. The lowest BCUT2D eigenvalue weighted by molar-refractivity contribution is -0.151. The highest BCUT2D eigenvalue weighted by molar-refractivity contribution is 5.69. The van der Waals surface area contributed by atoms with Crippen LogP contribution in [0.1, 0.15) is 32.6 Å². The molecule has 0 amide bonds. The molecule has 1 aliphatic carbocycles. The van der Waals surface area contributed by atoms with Gasteiger partial charge in [-0.25, -0.2) is 0 Å². The second kappa shape index (κ2) is 3.66. The Balaban J connectivity index is 1.90. The number of ether oxygens (including phenoxy) is 1. The van der Waals surface area contributed by atoms with Crippen molar-refractivity contribution < 1.29 is 9.53 Å². The van der Waals surface area contributed by atoms with E-state index in [0.717, 1.165) is 12.5 Å². The van der Waals surface area contributed by atoms with Gasteiger partial charge in [-0.2, -0.15) is 0 Å². The number of esters is 1. The molecule has 0 spiro atoms. The van der Waals surface area contributed by atoms with Crippen LogP contribution in [0.2, 0.25) is 0 Å². The average Bonchev–Trinajstić information content (AvgIpc) is 2.69. The first-order chi connectivity index (χ1) is 6.31. The summed E-state index contributed by atoms with van der Waals surface area (Å²) in [4.78, 5) is 11.1. The van der Waals surface area contributed by atoms with Gasteiger partial charge in [-0.05, 0) is 18.8 Å². The van der Waals surface area contributed by atoms with Crippen LogP contribution in [0.25, 0.3) is 0 Å². The van der Waals surface area contributed by atoms with Crippen molar-refractivity contribution in [3.05, 3.63) is 0 Å². The molecule has 2 rings (SSSR count). The van der Waals surface area contributed by atoms with E-state index in [1.165, 1.54) is 19.3 Å². The Labute approximate surface area is 78.8 Å². The third-order valence-electron chi connectivity index (χ3n) is 3.24. The first-order valence-corrected chi connectivity index (χ1v) is 5.24. The third-order valence-corrected chi connectivity index (χ3v) is 3.24. The molecule has 1 saturated carbocycles. The van der Waals surface area contributed by atoms with Crippen LogP contribution in [-0.2, 0) is 9.53 Å². The van der Waals surface area contributed by atoms with Crippen LogP contribution in [0.5, 0.6) is 0 Å². The zero-order chi connectivity index (χ0) is 9.26. The van der Waals surface area contributed by atoms with Crippen LogP contribution in [0.15, 0.2) is 0 Å². The molecule has 3 unspecified atom stereocenters. The number of fused-ring (bicyclic) bond motifs is 1. The van der Waals surface area contributed by atoms with Crippen molar-refractivity contribution in [3.63, 3.8) is 0 Å². The van der Waals surface area contributed by atoms with E-state index in [1.807, 2.05) is 6.92 Å². The van der Waals surface area contributed by atoms with Crippen molar-refractivity contribution in [1.29, 1.82) is 0 Å². The van der Waals surface area contributed by atoms with Gasteiger partial charge < -0.3 is 4.74 Å². The Kier molecular flexibility index (Phi) is 2.54. The summed E-state index contributed by atoms with van der Waals surface area (Å²) in [5.41, 5.74) is 0. The van der Waals surface area contributed by atoms with Crippen LogP contribution < -0.4 is 5.32 Å². The van der Waals surface area contributed by atoms with E-state index >= 15 is 0 Å². The van der Waals surface area contributed by atoms with E-state index in [2.05, 4.69) is 5.32 Å². The van der Waals surface area contributed by atoms with Crippen molar-refractivity contribution in [2.24, 2.45) is 11.8 Å². The molecule has 0 aromatic rings. The fourth-order valence-electron chi connectivity index (χ4n) is 2.49. The summed E-state index contributed by atoms with van der Waals surface area (Å²) in [6.45, 7) is 2.87. The van der Waals surface area contributed by atoms with E-state index in [-0.39, 0.29) is 12.2 Å². The lowest BCUT2D eigenvalue weighted by Gasteiger charge is -2.18. The maximum atomic E-state index is 11.1. The average molecular weight is 183 g/mol. The molecule has 3 nitrogen and oxygen atoms in total. The predicted molar refractivity (Wildman–Crippen MR) is 49.0 cm³/mol. The fourth-order valence-corrected chi connectivity index (χ4v) is 2.49.